The summed E-state index contributed by atoms with van der Waals surface area (Å²) < 4.78 is 0. The minimum Gasteiger partial charge on any atom is -0.391 e. The lowest BCUT2D eigenvalue weighted by molar-refractivity contribution is -0.142. The second-order valence-electron chi connectivity index (χ2n) is 13.9. The Kier molecular flexibility index (Phi) is 18.5. The van der Waals surface area contributed by atoms with Crippen molar-refractivity contribution in [1.82, 2.24) is 36.4 Å². The number of likely N-dealkylation sites (N-methyl/N-ethyl adjacent to an activating group) is 1. The molecular formula is C35H62N10O8. The van der Waals surface area contributed by atoms with E-state index in [1.54, 1.807) is 20.8 Å². The molecule has 0 saturated carbocycles. The highest BCUT2D eigenvalue weighted by Crippen LogP contribution is 2.21. The smallest absolute Gasteiger partial charge is 0.245 e. The zero-order chi connectivity index (χ0) is 39.8. The lowest BCUT2D eigenvalue weighted by Gasteiger charge is -2.31. The summed E-state index contributed by atoms with van der Waals surface area (Å²) >= 11 is 0. The van der Waals surface area contributed by atoms with E-state index in [1.807, 2.05) is 6.92 Å². The number of amides is 7. The number of nitrogens with one attached hydrogen (secondary N) is 5. The van der Waals surface area contributed by atoms with Crippen molar-refractivity contribution in [3.8, 4) is 0 Å². The Balaban J connectivity index is 2.26. The van der Waals surface area contributed by atoms with E-state index in [0.717, 1.165) is 0 Å². The first kappa shape index (κ1) is 44.7. The van der Waals surface area contributed by atoms with Crippen molar-refractivity contribution in [2.45, 2.75) is 142 Å². The maximum Gasteiger partial charge on any atom is 0.245 e. The maximum atomic E-state index is 14.0. The molecule has 18 heteroatoms. The first-order valence-corrected chi connectivity index (χ1v) is 18.9. The topological polar surface area (TPSA) is 271 Å². The molecule has 300 valence electrons. The zero-order valence-corrected chi connectivity index (χ0v) is 32.1. The Hall–Kier alpha value is -4.48. The third-order valence-electron chi connectivity index (χ3n) is 9.78. The highest BCUT2D eigenvalue weighted by Gasteiger charge is 2.40. The van der Waals surface area contributed by atoms with Gasteiger partial charge in [-0.05, 0) is 64.7 Å². The van der Waals surface area contributed by atoms with E-state index >= 15 is 0 Å². The number of nitrogens with zero attached hydrogens (tertiary/aromatic N) is 3. The molecule has 0 spiro atoms. The van der Waals surface area contributed by atoms with E-state index < -0.39 is 77.8 Å². The highest BCUT2D eigenvalue weighted by atomic mass is 16.3. The van der Waals surface area contributed by atoms with Gasteiger partial charge in [0, 0.05) is 33.1 Å². The van der Waals surface area contributed by atoms with Crippen LogP contribution < -0.4 is 38.1 Å². The molecule has 2 fully saturated rings. The van der Waals surface area contributed by atoms with Crippen LogP contribution in [0.5, 0.6) is 0 Å². The summed E-state index contributed by atoms with van der Waals surface area (Å²) in [4.78, 5) is 99.8. The summed E-state index contributed by atoms with van der Waals surface area (Å²) in [6, 6.07) is -6.16. The van der Waals surface area contributed by atoms with Gasteiger partial charge in [0.15, 0.2) is 5.96 Å². The summed E-state index contributed by atoms with van der Waals surface area (Å²) in [5, 5.41) is 24.0. The third-order valence-corrected chi connectivity index (χ3v) is 9.78. The molecule has 0 bridgehead atoms. The van der Waals surface area contributed by atoms with Gasteiger partial charge in [0.1, 0.15) is 36.3 Å². The Bertz CT molecular complexity index is 1320. The number of carbonyl (C=O) groups is 7. The predicted octanol–water partition coefficient (Wildman–Crippen LogP) is -1.66. The average Bonchev–Trinajstić information content (AvgIpc) is 3.81. The van der Waals surface area contributed by atoms with Crippen molar-refractivity contribution >= 4 is 47.3 Å². The summed E-state index contributed by atoms with van der Waals surface area (Å²) in [5.74, 6) is -4.17. The molecule has 8 atom stereocenters. The van der Waals surface area contributed by atoms with Crippen LogP contribution in [0.2, 0.25) is 0 Å². The molecule has 10 N–H and O–H groups in total. The Morgan fingerprint density at radius 1 is 0.774 bits per heavy atom. The van der Waals surface area contributed by atoms with Gasteiger partial charge in [-0.1, -0.05) is 33.6 Å². The Labute approximate surface area is 312 Å². The van der Waals surface area contributed by atoms with Crippen molar-refractivity contribution in [2.75, 3.05) is 26.2 Å². The molecule has 0 aromatic heterocycles. The number of likely N-dealkylation sites (tertiary alicyclic amines) is 2. The summed E-state index contributed by atoms with van der Waals surface area (Å²) in [5.41, 5.74) is 10.9. The number of guanidine groups is 1. The Morgan fingerprint density at radius 3 is 1.91 bits per heavy atom. The van der Waals surface area contributed by atoms with Gasteiger partial charge in [-0.15, -0.1) is 0 Å². The van der Waals surface area contributed by atoms with Crippen LogP contribution in [0.15, 0.2) is 4.99 Å². The lowest BCUT2D eigenvalue weighted by atomic mass is 9.96. The number of aliphatic imine (C=N–C) groups is 1. The number of aliphatic hydroxyl groups is 1. The molecule has 2 heterocycles. The van der Waals surface area contributed by atoms with Crippen molar-refractivity contribution in [3.63, 3.8) is 0 Å². The van der Waals surface area contributed by atoms with Crippen molar-refractivity contribution in [3.05, 3.63) is 0 Å². The fraction of sp³-hybridized carbons (Fsp3) is 0.771. The fourth-order valence-corrected chi connectivity index (χ4v) is 6.66. The monoisotopic (exact) mass is 750 g/mol. The van der Waals surface area contributed by atoms with E-state index in [-0.39, 0.29) is 37.2 Å². The minimum atomic E-state index is -1.42. The second-order valence-corrected chi connectivity index (χ2v) is 13.9. The lowest BCUT2D eigenvalue weighted by Crippen LogP contribution is -2.61. The van der Waals surface area contributed by atoms with Crippen LogP contribution in [-0.2, 0) is 33.6 Å². The third kappa shape index (κ3) is 13.2. The first-order chi connectivity index (χ1) is 25.1. The summed E-state index contributed by atoms with van der Waals surface area (Å²) in [6.07, 6.45) is 2.43. The molecule has 0 radical (unpaired) electrons. The van der Waals surface area contributed by atoms with Gasteiger partial charge in [-0.25, -0.2) is 0 Å². The number of rotatable bonds is 20. The molecule has 0 unspecified atom stereocenters. The largest absolute Gasteiger partial charge is 0.391 e. The normalized spacial score (nSPS) is 20.2. The minimum absolute atomic E-state index is 0.114. The number of carbonyl (C=O) groups excluding carboxylic acids is 7. The first-order valence-electron chi connectivity index (χ1n) is 18.9. The molecule has 2 saturated heterocycles. The van der Waals surface area contributed by atoms with Gasteiger partial charge < -0.3 is 53.0 Å². The van der Waals surface area contributed by atoms with E-state index in [0.29, 0.717) is 64.6 Å². The number of nitrogens with two attached hydrogens (primary N) is 2. The van der Waals surface area contributed by atoms with Crippen LogP contribution in [0.4, 0.5) is 0 Å². The molecule has 7 amide bonds. The molecule has 0 aliphatic carbocycles. The number of hydrogen-bond donors (Lipinski definition) is 8. The molecule has 0 aromatic carbocycles. The van der Waals surface area contributed by atoms with Crippen LogP contribution in [0.3, 0.4) is 0 Å². The van der Waals surface area contributed by atoms with Gasteiger partial charge in [-0.3, -0.25) is 38.6 Å². The maximum absolute atomic E-state index is 14.0. The van der Waals surface area contributed by atoms with Gasteiger partial charge >= 0.3 is 0 Å². The molecule has 18 nitrogen and oxygen atoms in total. The van der Waals surface area contributed by atoms with E-state index in [1.165, 1.54) is 23.6 Å². The second kappa shape index (κ2) is 21.9. The predicted molar refractivity (Wildman–Crippen MR) is 198 cm³/mol. The molecule has 53 heavy (non-hydrogen) atoms. The van der Waals surface area contributed by atoms with Crippen LogP contribution in [0.25, 0.3) is 0 Å². The van der Waals surface area contributed by atoms with E-state index in [9.17, 15) is 38.7 Å². The quantitative estimate of drug-likeness (QED) is 0.0399. The van der Waals surface area contributed by atoms with Crippen LogP contribution >= 0.6 is 0 Å². The summed E-state index contributed by atoms with van der Waals surface area (Å²) in [7, 11) is 0. The number of hydrogen-bond acceptors (Lipinski definition) is 9. The molecule has 2 aliphatic rings. The SMILES string of the molecule is CCC[C@H](NC(=O)[C@@H](NC(=O)[C@H]1CCCN1C(C)=O)[C@@H](C)O)C(=O)N[C@H](C(=O)N[C@@H](CCCN=C(N)N)C(=O)N1CCC[C@H]1C(=O)NCC)[C@@H](C)CC. The van der Waals surface area contributed by atoms with Crippen LogP contribution in [-0.4, -0.2) is 131 Å². The van der Waals surface area contributed by atoms with Gasteiger partial charge in [0.25, 0.3) is 0 Å². The molecular weight excluding hydrogens is 688 g/mol. The molecule has 2 rings (SSSR count). The van der Waals surface area contributed by atoms with Crippen molar-refractivity contribution in [2.24, 2.45) is 22.4 Å². The standard InChI is InChI=1S/C35H62N10O8/c1-7-13-23(40-33(52)28(21(5)46)43-31(50)26-16-11-18-44(26)22(6)47)29(48)42-27(20(4)8-2)32(51)41-24(14-10-17-39-35(36)37)34(53)45-19-12-15-25(45)30(49)38-9-3/h20-21,23-28,46H,7-19H2,1-6H3,(H,38,49)(H,40,52)(H,41,51)(H,42,48)(H,43,50)(H4,36,37,39)/t20-,21+,23-,24-,25-,26+,27-,28-/m0/s1. The van der Waals surface area contributed by atoms with Gasteiger partial charge in [0.2, 0.25) is 41.4 Å². The van der Waals surface area contributed by atoms with Gasteiger partial charge in [-0.2, -0.15) is 0 Å². The van der Waals surface area contributed by atoms with E-state index in [4.69, 9.17) is 11.5 Å². The van der Waals surface area contributed by atoms with E-state index in [2.05, 4.69) is 31.6 Å². The van der Waals surface area contributed by atoms with Crippen LogP contribution in [0, 0.1) is 5.92 Å². The molecule has 2 aliphatic heterocycles. The molecule has 0 aromatic rings. The van der Waals surface area contributed by atoms with Crippen molar-refractivity contribution in [1.29, 1.82) is 0 Å². The van der Waals surface area contributed by atoms with Gasteiger partial charge in [0.05, 0.1) is 6.10 Å². The average molecular weight is 751 g/mol. The zero-order valence-electron chi connectivity index (χ0n) is 32.1. The highest BCUT2D eigenvalue weighted by molar-refractivity contribution is 5.97. The Morgan fingerprint density at radius 2 is 1.36 bits per heavy atom. The van der Waals surface area contributed by atoms with Crippen LogP contribution in [0.1, 0.15) is 99.3 Å². The summed E-state index contributed by atoms with van der Waals surface area (Å²) in [6.45, 7) is 11.2. The fourth-order valence-electron chi connectivity index (χ4n) is 6.66. The van der Waals surface area contributed by atoms with Crippen molar-refractivity contribution < 1.29 is 38.7 Å². The number of aliphatic hydroxyl groups excluding tert-OH is 1.